The van der Waals surface area contributed by atoms with Gasteiger partial charge in [-0.1, -0.05) is 47.5 Å². The van der Waals surface area contributed by atoms with Crippen LogP contribution in [0.5, 0.6) is 0 Å². The lowest BCUT2D eigenvalue weighted by molar-refractivity contribution is 0.592. The van der Waals surface area contributed by atoms with Crippen LogP contribution in [-0.2, 0) is 9.84 Å². The molecule has 1 fully saturated rings. The summed E-state index contributed by atoms with van der Waals surface area (Å²) in [6, 6.07) is 16.2. The van der Waals surface area contributed by atoms with E-state index in [1.54, 1.807) is 24.3 Å². The number of nitriles is 1. The Morgan fingerprint density at radius 2 is 1.48 bits per heavy atom. The van der Waals surface area contributed by atoms with Gasteiger partial charge < -0.3 is 5.73 Å². The van der Waals surface area contributed by atoms with Crippen molar-refractivity contribution in [2.75, 3.05) is 0 Å². The minimum atomic E-state index is -3.66. The summed E-state index contributed by atoms with van der Waals surface area (Å²) in [6.45, 7) is 3.85. The maximum Gasteiger partial charge on any atom is 0.184 e. The van der Waals surface area contributed by atoms with Gasteiger partial charge in [-0.2, -0.15) is 5.26 Å². The molecular formula is C18H18N2O2S. The Labute approximate surface area is 136 Å². The molecule has 0 amide bonds. The Bertz CT molecular complexity index is 880. The van der Waals surface area contributed by atoms with E-state index in [1.807, 2.05) is 44.2 Å². The smallest absolute Gasteiger partial charge is 0.184 e. The predicted octanol–water partition coefficient (Wildman–Crippen LogP) is 2.46. The van der Waals surface area contributed by atoms with E-state index in [1.165, 1.54) is 0 Å². The van der Waals surface area contributed by atoms with E-state index >= 15 is 0 Å². The van der Waals surface area contributed by atoms with Gasteiger partial charge in [0, 0.05) is 5.92 Å². The molecule has 0 bridgehead atoms. The Morgan fingerprint density at radius 3 is 1.96 bits per heavy atom. The van der Waals surface area contributed by atoms with Gasteiger partial charge in [-0.05, 0) is 31.5 Å². The topological polar surface area (TPSA) is 83.9 Å². The van der Waals surface area contributed by atoms with Gasteiger partial charge >= 0.3 is 0 Å². The zero-order valence-corrected chi connectivity index (χ0v) is 13.8. The van der Waals surface area contributed by atoms with Gasteiger partial charge in [-0.15, -0.1) is 0 Å². The molecule has 4 nitrogen and oxygen atoms in total. The fourth-order valence-corrected chi connectivity index (χ4v) is 5.23. The van der Waals surface area contributed by atoms with E-state index in [4.69, 9.17) is 5.73 Å². The highest BCUT2D eigenvalue weighted by Gasteiger charge is 2.70. The number of aryl methyl sites for hydroxylation is 2. The minimum absolute atomic E-state index is 0.216. The van der Waals surface area contributed by atoms with Crippen LogP contribution in [0.4, 0.5) is 0 Å². The molecule has 0 unspecified atom stereocenters. The van der Waals surface area contributed by atoms with Gasteiger partial charge in [0.25, 0.3) is 0 Å². The first kappa shape index (κ1) is 15.7. The van der Waals surface area contributed by atoms with Crippen LogP contribution in [0.1, 0.15) is 22.6 Å². The van der Waals surface area contributed by atoms with E-state index in [0.29, 0.717) is 0 Å². The number of nitrogens with zero attached hydrogens (tertiary/aromatic N) is 1. The van der Waals surface area contributed by atoms with Crippen LogP contribution < -0.4 is 5.73 Å². The van der Waals surface area contributed by atoms with Crippen molar-refractivity contribution < 1.29 is 8.42 Å². The van der Waals surface area contributed by atoms with Crippen molar-refractivity contribution in [1.29, 1.82) is 5.26 Å². The largest absolute Gasteiger partial charge is 0.312 e. The average Bonchev–Trinajstić information content (AvgIpc) is 3.16. The maximum atomic E-state index is 12.9. The van der Waals surface area contributed by atoms with Crippen LogP contribution in [0.15, 0.2) is 53.4 Å². The summed E-state index contributed by atoms with van der Waals surface area (Å²) < 4.78 is 25.8. The zero-order chi connectivity index (χ0) is 16.8. The van der Waals surface area contributed by atoms with Gasteiger partial charge in [0.05, 0.1) is 11.0 Å². The van der Waals surface area contributed by atoms with Crippen LogP contribution in [0.25, 0.3) is 0 Å². The molecule has 3 atom stereocenters. The average molecular weight is 326 g/mol. The van der Waals surface area contributed by atoms with Crippen molar-refractivity contribution in [2.24, 2.45) is 5.73 Å². The molecule has 5 heteroatoms. The van der Waals surface area contributed by atoms with Crippen LogP contribution in [0.2, 0.25) is 0 Å². The lowest BCUT2D eigenvalue weighted by Crippen LogP contribution is -2.29. The number of sulfone groups is 1. The molecule has 1 aliphatic rings. The third kappa shape index (κ3) is 2.44. The van der Waals surface area contributed by atoms with Gasteiger partial charge in [-0.3, -0.25) is 0 Å². The van der Waals surface area contributed by atoms with E-state index in [-0.39, 0.29) is 4.90 Å². The molecule has 0 saturated heterocycles. The van der Waals surface area contributed by atoms with E-state index in [9.17, 15) is 13.7 Å². The monoisotopic (exact) mass is 326 g/mol. The first-order valence-corrected chi connectivity index (χ1v) is 8.92. The summed E-state index contributed by atoms with van der Waals surface area (Å²) in [5.74, 6) is -0.501. The Kier molecular flexibility index (Phi) is 3.55. The molecule has 0 heterocycles. The standard InChI is InChI=1S/C18H18N2O2S/c1-12-3-7-14(8-4-12)16-17(18(16,20)11-19)23(21,22)15-9-5-13(2)6-10-15/h3-10,16-17H,20H2,1-2H3/t16-,17+,18-/m1/s1. The summed E-state index contributed by atoms with van der Waals surface area (Å²) in [5, 5.41) is 8.53. The third-order valence-corrected chi connectivity index (χ3v) is 6.75. The molecule has 2 aromatic rings. The van der Waals surface area contributed by atoms with Crippen molar-refractivity contribution in [2.45, 2.75) is 35.4 Å². The van der Waals surface area contributed by atoms with Crippen molar-refractivity contribution in [1.82, 2.24) is 0 Å². The predicted molar refractivity (Wildman–Crippen MR) is 88.6 cm³/mol. The molecule has 23 heavy (non-hydrogen) atoms. The number of hydrogen-bond donors (Lipinski definition) is 1. The van der Waals surface area contributed by atoms with E-state index in [2.05, 4.69) is 0 Å². The highest BCUT2D eigenvalue weighted by atomic mass is 32.2. The number of hydrogen-bond acceptors (Lipinski definition) is 4. The van der Waals surface area contributed by atoms with E-state index < -0.39 is 26.5 Å². The lowest BCUT2D eigenvalue weighted by Gasteiger charge is -2.05. The maximum absolute atomic E-state index is 12.9. The molecule has 118 valence electrons. The number of nitrogens with two attached hydrogens (primary N) is 1. The van der Waals surface area contributed by atoms with Gasteiger partial charge in [0.15, 0.2) is 9.84 Å². The lowest BCUT2D eigenvalue weighted by atomic mass is 10.1. The van der Waals surface area contributed by atoms with Crippen LogP contribution in [-0.4, -0.2) is 19.2 Å². The minimum Gasteiger partial charge on any atom is -0.312 e. The summed E-state index contributed by atoms with van der Waals surface area (Å²) in [4.78, 5) is 0.216. The zero-order valence-electron chi connectivity index (χ0n) is 13.0. The van der Waals surface area contributed by atoms with Crippen LogP contribution >= 0.6 is 0 Å². The molecule has 0 aliphatic heterocycles. The fourth-order valence-electron chi connectivity index (χ4n) is 3.04. The normalized spacial score (nSPS) is 26.5. The SMILES string of the molecule is Cc1ccc([C@@H]2[C@H](S(=O)(=O)c3ccc(C)cc3)[C@@]2(N)C#N)cc1. The molecule has 2 aromatic carbocycles. The molecule has 0 aromatic heterocycles. The summed E-state index contributed by atoms with van der Waals surface area (Å²) in [7, 11) is -3.66. The Balaban J connectivity index is 2.03. The quantitative estimate of drug-likeness (QED) is 0.939. The molecule has 2 N–H and O–H groups in total. The fraction of sp³-hybridized carbons (Fsp3) is 0.278. The number of rotatable bonds is 3. The van der Waals surface area contributed by atoms with Gasteiger partial charge in [0.2, 0.25) is 0 Å². The molecule has 1 aliphatic carbocycles. The number of benzene rings is 2. The Morgan fingerprint density at radius 1 is 1.00 bits per heavy atom. The van der Waals surface area contributed by atoms with Crippen molar-refractivity contribution in [3.05, 3.63) is 65.2 Å². The van der Waals surface area contributed by atoms with Crippen LogP contribution in [0.3, 0.4) is 0 Å². The first-order valence-electron chi connectivity index (χ1n) is 7.38. The Hall–Kier alpha value is -2.16. The van der Waals surface area contributed by atoms with Crippen molar-refractivity contribution in [3.8, 4) is 6.07 Å². The molecular weight excluding hydrogens is 308 g/mol. The molecule has 3 rings (SSSR count). The van der Waals surface area contributed by atoms with Crippen molar-refractivity contribution >= 4 is 9.84 Å². The van der Waals surface area contributed by atoms with Crippen LogP contribution in [0, 0.1) is 25.2 Å². The highest BCUT2D eigenvalue weighted by molar-refractivity contribution is 7.92. The van der Waals surface area contributed by atoms with Gasteiger partial charge in [0.1, 0.15) is 10.8 Å². The first-order chi connectivity index (χ1) is 10.8. The van der Waals surface area contributed by atoms with Gasteiger partial charge in [-0.25, -0.2) is 8.42 Å². The van der Waals surface area contributed by atoms with E-state index in [0.717, 1.165) is 16.7 Å². The molecule has 1 saturated carbocycles. The molecule has 0 radical (unpaired) electrons. The second kappa shape index (κ2) is 5.19. The second-order valence-corrected chi connectivity index (χ2v) is 8.28. The van der Waals surface area contributed by atoms with Crippen molar-refractivity contribution in [3.63, 3.8) is 0 Å². The summed E-state index contributed by atoms with van der Waals surface area (Å²) in [6.07, 6.45) is 0. The highest BCUT2D eigenvalue weighted by Crippen LogP contribution is 2.55. The molecule has 0 spiro atoms. The third-order valence-electron chi connectivity index (χ3n) is 4.49. The summed E-state index contributed by atoms with van der Waals surface area (Å²) in [5.41, 5.74) is 7.59. The summed E-state index contributed by atoms with van der Waals surface area (Å²) >= 11 is 0. The second-order valence-electron chi connectivity index (χ2n) is 6.21.